The third-order valence-electron chi connectivity index (χ3n) is 5.25. The van der Waals surface area contributed by atoms with Crippen LogP contribution in [0.15, 0.2) is 35.2 Å². The van der Waals surface area contributed by atoms with E-state index >= 15 is 0 Å². The van der Waals surface area contributed by atoms with Gasteiger partial charge in [-0.2, -0.15) is 17.6 Å². The van der Waals surface area contributed by atoms with Crippen molar-refractivity contribution in [1.29, 1.82) is 0 Å². The maximum absolute atomic E-state index is 13.7. The Bertz CT molecular complexity index is 1170. The number of aryl methyl sites for hydroxylation is 1. The van der Waals surface area contributed by atoms with Crippen molar-refractivity contribution in [2.75, 3.05) is 18.0 Å². The van der Waals surface area contributed by atoms with Crippen molar-refractivity contribution in [1.82, 2.24) is 14.9 Å². The predicted molar refractivity (Wildman–Crippen MR) is 110 cm³/mol. The van der Waals surface area contributed by atoms with E-state index in [1.807, 2.05) is 17.8 Å². The van der Waals surface area contributed by atoms with E-state index < -0.39 is 23.8 Å². The topological polar surface area (TPSA) is 101 Å². The Labute approximate surface area is 190 Å². The molecule has 0 aliphatic carbocycles. The van der Waals surface area contributed by atoms with Crippen molar-refractivity contribution >= 4 is 28.8 Å². The van der Waals surface area contributed by atoms with Crippen molar-refractivity contribution in [2.24, 2.45) is 7.05 Å². The SMILES string of the molecule is Cn1ccnc1N1CCC(NC(=O)Cc2coc3c(F)c(F)ccc23)CC1.O=C(O)C(F)(F)F. The van der Waals surface area contributed by atoms with Gasteiger partial charge in [-0.05, 0) is 25.0 Å². The van der Waals surface area contributed by atoms with E-state index in [2.05, 4.69) is 15.2 Å². The van der Waals surface area contributed by atoms with Crippen molar-refractivity contribution in [3.63, 3.8) is 0 Å². The lowest BCUT2D eigenvalue weighted by Crippen LogP contribution is -2.45. The highest BCUT2D eigenvalue weighted by Crippen LogP contribution is 2.26. The first-order valence-electron chi connectivity index (χ1n) is 10.1. The number of hydrogen-bond acceptors (Lipinski definition) is 5. The first-order chi connectivity index (χ1) is 16.0. The molecule has 0 bridgehead atoms. The number of amides is 1. The third kappa shape index (κ3) is 5.83. The number of anilines is 1. The zero-order valence-corrected chi connectivity index (χ0v) is 17.9. The zero-order valence-electron chi connectivity index (χ0n) is 17.9. The van der Waals surface area contributed by atoms with Crippen molar-refractivity contribution in [3.05, 3.63) is 48.0 Å². The van der Waals surface area contributed by atoms with E-state index in [0.29, 0.717) is 10.9 Å². The Morgan fingerprint density at radius 1 is 1.24 bits per heavy atom. The van der Waals surface area contributed by atoms with Gasteiger partial charge in [-0.25, -0.2) is 14.2 Å². The van der Waals surface area contributed by atoms with Gasteiger partial charge >= 0.3 is 12.1 Å². The standard InChI is InChI=1S/C19H20F2N4O2.C2HF3O2/c1-24-9-6-22-19(24)25-7-4-13(5-8-25)23-16(26)10-12-11-27-18-14(12)2-3-15(20)17(18)21;3-2(4,5)1(6)7/h2-3,6,9,11,13H,4-5,7-8,10H2,1H3,(H,23,26);(H,6,7). The molecular weight excluding hydrogens is 467 g/mol. The van der Waals surface area contributed by atoms with Gasteiger partial charge in [-0.15, -0.1) is 0 Å². The van der Waals surface area contributed by atoms with Crippen LogP contribution in [0.4, 0.5) is 27.9 Å². The molecule has 0 saturated carbocycles. The summed E-state index contributed by atoms with van der Waals surface area (Å²) in [6, 6.07) is 2.56. The van der Waals surface area contributed by atoms with E-state index in [1.54, 1.807) is 6.20 Å². The second kappa shape index (κ2) is 10.1. The maximum Gasteiger partial charge on any atom is 0.490 e. The van der Waals surface area contributed by atoms with Crippen LogP contribution in [0.3, 0.4) is 0 Å². The molecule has 1 fully saturated rings. The van der Waals surface area contributed by atoms with Gasteiger partial charge in [0.1, 0.15) is 0 Å². The normalized spacial score (nSPS) is 14.6. The predicted octanol–water partition coefficient (Wildman–Crippen LogP) is 3.41. The molecule has 0 radical (unpaired) electrons. The number of hydrogen-bond donors (Lipinski definition) is 2. The van der Waals surface area contributed by atoms with Gasteiger partial charge in [0.25, 0.3) is 0 Å². The fourth-order valence-corrected chi connectivity index (χ4v) is 3.57. The van der Waals surface area contributed by atoms with Crippen LogP contribution < -0.4 is 10.2 Å². The maximum atomic E-state index is 13.7. The highest BCUT2D eigenvalue weighted by molar-refractivity contribution is 5.88. The summed E-state index contributed by atoms with van der Waals surface area (Å²) in [5, 5.41) is 10.6. The molecule has 2 N–H and O–H groups in total. The molecular formula is C21H21F5N4O4. The smallest absolute Gasteiger partial charge is 0.475 e. The number of benzene rings is 1. The number of alkyl halides is 3. The van der Waals surface area contributed by atoms with Gasteiger partial charge in [-0.1, -0.05) is 0 Å². The van der Waals surface area contributed by atoms with Gasteiger partial charge in [-0.3, -0.25) is 4.79 Å². The average Bonchev–Trinajstić information content (AvgIpc) is 3.37. The summed E-state index contributed by atoms with van der Waals surface area (Å²) in [6.45, 7) is 1.63. The number of nitrogens with one attached hydrogen (secondary N) is 1. The van der Waals surface area contributed by atoms with Crippen molar-refractivity contribution in [3.8, 4) is 0 Å². The Kier molecular flexibility index (Phi) is 7.42. The van der Waals surface area contributed by atoms with Crippen LogP contribution in [-0.4, -0.2) is 51.8 Å². The molecule has 184 valence electrons. The third-order valence-corrected chi connectivity index (χ3v) is 5.25. The number of fused-ring (bicyclic) bond motifs is 1. The number of furan rings is 1. The van der Waals surface area contributed by atoms with Gasteiger partial charge in [0.2, 0.25) is 17.7 Å². The van der Waals surface area contributed by atoms with Gasteiger partial charge in [0.15, 0.2) is 11.4 Å². The number of aromatic nitrogens is 2. The molecule has 13 heteroatoms. The number of carbonyl (C=O) groups is 2. The molecule has 1 aliphatic rings. The molecule has 1 saturated heterocycles. The second-order valence-electron chi connectivity index (χ2n) is 7.65. The molecule has 34 heavy (non-hydrogen) atoms. The molecule has 0 spiro atoms. The average molecular weight is 488 g/mol. The number of halogens is 5. The fourth-order valence-electron chi connectivity index (χ4n) is 3.57. The van der Waals surface area contributed by atoms with Crippen LogP contribution >= 0.6 is 0 Å². The van der Waals surface area contributed by atoms with Crippen LogP contribution in [0.25, 0.3) is 11.0 Å². The molecule has 3 heterocycles. The monoisotopic (exact) mass is 488 g/mol. The molecule has 4 rings (SSSR count). The lowest BCUT2D eigenvalue weighted by Gasteiger charge is -2.33. The van der Waals surface area contributed by atoms with Crippen molar-refractivity contribution in [2.45, 2.75) is 31.5 Å². The first-order valence-corrected chi connectivity index (χ1v) is 10.1. The fraction of sp³-hybridized carbons (Fsp3) is 0.381. The van der Waals surface area contributed by atoms with Gasteiger partial charge in [0.05, 0.1) is 12.7 Å². The highest BCUT2D eigenvalue weighted by atomic mass is 19.4. The van der Waals surface area contributed by atoms with Crippen LogP contribution in [0.1, 0.15) is 18.4 Å². The minimum Gasteiger partial charge on any atom is -0.475 e. The number of imidazole rings is 1. The van der Waals surface area contributed by atoms with E-state index in [4.69, 9.17) is 14.3 Å². The number of aliphatic carboxylic acids is 1. The van der Waals surface area contributed by atoms with Crippen molar-refractivity contribution < 1.29 is 41.1 Å². The molecule has 2 aromatic heterocycles. The van der Waals surface area contributed by atoms with E-state index in [0.717, 1.165) is 37.9 Å². The Hall–Kier alpha value is -3.64. The molecule has 1 amide bonds. The minimum atomic E-state index is -5.08. The largest absolute Gasteiger partial charge is 0.490 e. The first kappa shape index (κ1) is 25.0. The molecule has 3 aromatic rings. The van der Waals surface area contributed by atoms with Gasteiger partial charge in [0, 0.05) is 49.5 Å². The molecule has 1 aliphatic heterocycles. The number of piperidine rings is 1. The molecule has 1 aromatic carbocycles. The Balaban J connectivity index is 0.000000406. The number of rotatable bonds is 4. The van der Waals surface area contributed by atoms with Crippen LogP contribution in [0, 0.1) is 11.6 Å². The quantitative estimate of drug-likeness (QED) is 0.546. The summed E-state index contributed by atoms with van der Waals surface area (Å²) in [7, 11) is 1.96. The number of carbonyl (C=O) groups excluding carboxylic acids is 1. The molecule has 0 unspecified atom stereocenters. The van der Waals surface area contributed by atoms with E-state index in [1.165, 1.54) is 12.3 Å². The summed E-state index contributed by atoms with van der Waals surface area (Å²) < 4.78 is 65.8. The molecule has 8 nitrogen and oxygen atoms in total. The highest BCUT2D eigenvalue weighted by Gasteiger charge is 2.38. The minimum absolute atomic E-state index is 0.0671. The summed E-state index contributed by atoms with van der Waals surface area (Å²) in [5.41, 5.74) is 0.396. The summed E-state index contributed by atoms with van der Waals surface area (Å²) in [5.74, 6) is -3.97. The zero-order chi connectivity index (χ0) is 25.0. The van der Waals surface area contributed by atoms with Gasteiger partial charge < -0.3 is 24.3 Å². The van der Waals surface area contributed by atoms with E-state index in [-0.39, 0.29) is 24.0 Å². The lowest BCUT2D eigenvalue weighted by molar-refractivity contribution is -0.192. The summed E-state index contributed by atoms with van der Waals surface area (Å²) in [6.07, 6.45) is 1.63. The second-order valence-corrected chi connectivity index (χ2v) is 7.65. The molecule has 0 atom stereocenters. The van der Waals surface area contributed by atoms with E-state index in [9.17, 15) is 26.7 Å². The summed E-state index contributed by atoms with van der Waals surface area (Å²) >= 11 is 0. The van der Waals surface area contributed by atoms with Crippen LogP contribution in [0.5, 0.6) is 0 Å². The number of carboxylic acid groups (broad SMARTS) is 1. The van der Waals surface area contributed by atoms with Crippen LogP contribution in [0.2, 0.25) is 0 Å². The Morgan fingerprint density at radius 3 is 2.44 bits per heavy atom. The Morgan fingerprint density at radius 2 is 1.88 bits per heavy atom. The summed E-state index contributed by atoms with van der Waals surface area (Å²) in [4.78, 5) is 27.8. The number of nitrogens with zero attached hydrogens (tertiary/aromatic N) is 3. The number of carboxylic acids is 1. The van der Waals surface area contributed by atoms with Crippen LogP contribution in [-0.2, 0) is 23.1 Å². The lowest BCUT2D eigenvalue weighted by atomic mass is 10.0.